The highest BCUT2D eigenvalue weighted by atomic mass is 19.1. The molecule has 1 N–H and O–H groups in total. The Kier molecular flexibility index (Phi) is 4.15. The van der Waals surface area contributed by atoms with Gasteiger partial charge in [-0.25, -0.2) is 4.39 Å². The number of aromatic hydroxyl groups is 1. The highest BCUT2D eigenvalue weighted by Gasteiger charge is 2.21. The fourth-order valence-electron chi connectivity index (χ4n) is 3.88. The number of rotatable bonds is 3. The zero-order valence-electron chi connectivity index (χ0n) is 13.8. The van der Waals surface area contributed by atoms with Crippen molar-refractivity contribution in [2.75, 3.05) is 31.1 Å². The summed E-state index contributed by atoms with van der Waals surface area (Å²) in [6.07, 6.45) is 3.41. The molecule has 4 rings (SSSR count). The maximum absolute atomic E-state index is 13.9. The molecule has 1 heterocycles. The fraction of sp³-hybridized carbons (Fsp3) is 0.400. The number of piperazine rings is 1. The SMILES string of the molecule is Oc1cc2c(cc1CN1CCN(c3ccccc3F)CC1)CCC2. The summed E-state index contributed by atoms with van der Waals surface area (Å²) in [4.78, 5) is 4.45. The van der Waals surface area contributed by atoms with Crippen LogP contribution in [-0.2, 0) is 19.4 Å². The van der Waals surface area contributed by atoms with E-state index in [0.29, 0.717) is 11.4 Å². The van der Waals surface area contributed by atoms with Crippen LogP contribution in [0.4, 0.5) is 10.1 Å². The normalized spacial score (nSPS) is 18.0. The zero-order chi connectivity index (χ0) is 16.5. The molecule has 3 nitrogen and oxygen atoms in total. The second-order valence-corrected chi connectivity index (χ2v) is 6.82. The van der Waals surface area contributed by atoms with Crippen LogP contribution in [0, 0.1) is 5.82 Å². The van der Waals surface area contributed by atoms with Crippen molar-refractivity contribution in [2.45, 2.75) is 25.8 Å². The van der Waals surface area contributed by atoms with Crippen LogP contribution < -0.4 is 4.90 Å². The van der Waals surface area contributed by atoms with Gasteiger partial charge < -0.3 is 10.0 Å². The third kappa shape index (κ3) is 2.98. The number of hydrogen-bond donors (Lipinski definition) is 1. The number of para-hydroxylation sites is 1. The number of halogens is 1. The van der Waals surface area contributed by atoms with Gasteiger partial charge >= 0.3 is 0 Å². The lowest BCUT2D eigenvalue weighted by molar-refractivity contribution is 0.246. The number of nitrogens with zero attached hydrogens (tertiary/aromatic N) is 2. The predicted octanol–water partition coefficient (Wildman–Crippen LogP) is 3.34. The molecular weight excluding hydrogens is 303 g/mol. The minimum absolute atomic E-state index is 0.151. The number of anilines is 1. The van der Waals surface area contributed by atoms with Crippen molar-refractivity contribution in [3.8, 4) is 5.75 Å². The molecule has 0 atom stereocenters. The van der Waals surface area contributed by atoms with E-state index in [2.05, 4.69) is 15.9 Å². The largest absolute Gasteiger partial charge is 0.508 e. The van der Waals surface area contributed by atoms with Crippen molar-refractivity contribution in [2.24, 2.45) is 0 Å². The standard InChI is InChI=1S/C20H23FN2O/c21-18-6-1-2-7-19(18)23-10-8-22(9-11-23)14-17-12-15-4-3-5-16(15)13-20(17)24/h1-2,6-7,12-13,24H,3-5,8-11,14H2. The van der Waals surface area contributed by atoms with Gasteiger partial charge in [0.05, 0.1) is 5.69 Å². The molecule has 4 heteroatoms. The molecule has 0 bridgehead atoms. The van der Waals surface area contributed by atoms with Crippen LogP contribution in [0.25, 0.3) is 0 Å². The topological polar surface area (TPSA) is 26.7 Å². The summed E-state index contributed by atoms with van der Waals surface area (Å²) in [5.41, 5.74) is 4.42. The Balaban J connectivity index is 1.41. The van der Waals surface area contributed by atoms with Gasteiger partial charge in [0.2, 0.25) is 0 Å². The molecule has 0 unspecified atom stereocenters. The van der Waals surface area contributed by atoms with E-state index in [0.717, 1.165) is 51.1 Å². The third-order valence-corrected chi connectivity index (χ3v) is 5.25. The quantitative estimate of drug-likeness (QED) is 0.937. The Bertz CT molecular complexity index is 738. The fourth-order valence-corrected chi connectivity index (χ4v) is 3.88. The molecule has 24 heavy (non-hydrogen) atoms. The van der Waals surface area contributed by atoms with Gasteiger partial charge in [-0.3, -0.25) is 4.90 Å². The molecule has 0 amide bonds. The first-order valence-corrected chi connectivity index (χ1v) is 8.76. The molecule has 1 fully saturated rings. The smallest absolute Gasteiger partial charge is 0.146 e. The van der Waals surface area contributed by atoms with Crippen LogP contribution >= 0.6 is 0 Å². The molecule has 2 aromatic rings. The number of aryl methyl sites for hydroxylation is 2. The molecule has 0 aromatic heterocycles. The average Bonchev–Trinajstić information content (AvgIpc) is 3.03. The summed E-state index contributed by atoms with van der Waals surface area (Å²) in [6.45, 7) is 4.15. The maximum atomic E-state index is 13.9. The second kappa shape index (κ2) is 6.44. The lowest BCUT2D eigenvalue weighted by Crippen LogP contribution is -2.46. The van der Waals surface area contributed by atoms with Crippen LogP contribution in [-0.4, -0.2) is 36.2 Å². The summed E-state index contributed by atoms with van der Waals surface area (Å²) >= 11 is 0. The molecule has 1 saturated heterocycles. The summed E-state index contributed by atoms with van der Waals surface area (Å²) in [7, 11) is 0. The van der Waals surface area contributed by atoms with Crippen molar-refractivity contribution in [3.05, 3.63) is 58.9 Å². The first-order valence-electron chi connectivity index (χ1n) is 8.76. The minimum Gasteiger partial charge on any atom is -0.508 e. The van der Waals surface area contributed by atoms with Gasteiger partial charge in [0, 0.05) is 38.3 Å². The molecule has 126 valence electrons. The van der Waals surface area contributed by atoms with E-state index in [1.807, 2.05) is 18.2 Å². The van der Waals surface area contributed by atoms with Gasteiger partial charge in [-0.15, -0.1) is 0 Å². The number of phenols is 1. The van der Waals surface area contributed by atoms with Crippen molar-refractivity contribution in [3.63, 3.8) is 0 Å². The summed E-state index contributed by atoms with van der Waals surface area (Å²) in [5, 5.41) is 10.3. The lowest BCUT2D eigenvalue weighted by Gasteiger charge is -2.36. The van der Waals surface area contributed by atoms with Crippen molar-refractivity contribution >= 4 is 5.69 Å². The van der Waals surface area contributed by atoms with Crippen LogP contribution in [0.15, 0.2) is 36.4 Å². The Hall–Kier alpha value is -2.07. The van der Waals surface area contributed by atoms with E-state index in [1.54, 1.807) is 6.07 Å². The summed E-state index contributed by atoms with van der Waals surface area (Å²) in [6, 6.07) is 11.1. The first kappa shape index (κ1) is 15.5. The Morgan fingerprint density at radius 3 is 2.42 bits per heavy atom. The van der Waals surface area contributed by atoms with Gasteiger partial charge in [-0.05, 0) is 48.6 Å². The number of benzene rings is 2. The van der Waals surface area contributed by atoms with Crippen LogP contribution in [0.3, 0.4) is 0 Å². The van der Waals surface area contributed by atoms with Gasteiger partial charge in [-0.1, -0.05) is 18.2 Å². The average molecular weight is 326 g/mol. The summed E-state index contributed by atoms with van der Waals surface area (Å²) < 4.78 is 13.9. The maximum Gasteiger partial charge on any atom is 0.146 e. The summed E-state index contributed by atoms with van der Waals surface area (Å²) in [5.74, 6) is 0.273. The minimum atomic E-state index is -0.151. The van der Waals surface area contributed by atoms with Gasteiger partial charge in [0.25, 0.3) is 0 Å². The monoisotopic (exact) mass is 326 g/mol. The number of phenolic OH excluding ortho intramolecular Hbond substituents is 1. The molecular formula is C20H23FN2O. The number of hydrogen-bond acceptors (Lipinski definition) is 3. The Morgan fingerprint density at radius 2 is 1.67 bits per heavy atom. The lowest BCUT2D eigenvalue weighted by atomic mass is 10.0. The van der Waals surface area contributed by atoms with Crippen LogP contribution in [0.2, 0.25) is 0 Å². The van der Waals surface area contributed by atoms with Gasteiger partial charge in [-0.2, -0.15) is 0 Å². The van der Waals surface area contributed by atoms with Crippen LogP contribution in [0.5, 0.6) is 5.75 Å². The zero-order valence-corrected chi connectivity index (χ0v) is 13.8. The highest BCUT2D eigenvalue weighted by Crippen LogP contribution is 2.30. The van der Waals surface area contributed by atoms with Gasteiger partial charge in [0.1, 0.15) is 11.6 Å². The molecule has 1 aliphatic heterocycles. The van der Waals surface area contributed by atoms with E-state index >= 15 is 0 Å². The highest BCUT2D eigenvalue weighted by molar-refractivity contribution is 5.48. The van der Waals surface area contributed by atoms with Crippen molar-refractivity contribution in [1.82, 2.24) is 4.90 Å². The van der Waals surface area contributed by atoms with Crippen molar-refractivity contribution < 1.29 is 9.50 Å². The third-order valence-electron chi connectivity index (χ3n) is 5.25. The Labute approximate surface area is 142 Å². The van der Waals surface area contributed by atoms with E-state index in [9.17, 15) is 9.50 Å². The predicted molar refractivity (Wildman–Crippen MR) is 94.0 cm³/mol. The molecule has 0 saturated carbocycles. The van der Waals surface area contributed by atoms with E-state index in [1.165, 1.54) is 23.6 Å². The first-order chi connectivity index (χ1) is 11.7. The van der Waals surface area contributed by atoms with E-state index in [4.69, 9.17) is 0 Å². The molecule has 2 aliphatic rings. The molecule has 1 aliphatic carbocycles. The number of fused-ring (bicyclic) bond motifs is 1. The molecule has 0 spiro atoms. The van der Waals surface area contributed by atoms with Gasteiger partial charge in [0.15, 0.2) is 0 Å². The molecule has 0 radical (unpaired) electrons. The Morgan fingerprint density at radius 1 is 0.958 bits per heavy atom. The van der Waals surface area contributed by atoms with Crippen LogP contribution in [0.1, 0.15) is 23.1 Å². The van der Waals surface area contributed by atoms with Crippen molar-refractivity contribution in [1.29, 1.82) is 0 Å². The van der Waals surface area contributed by atoms with E-state index in [-0.39, 0.29) is 5.82 Å². The second-order valence-electron chi connectivity index (χ2n) is 6.82. The van der Waals surface area contributed by atoms with E-state index < -0.39 is 0 Å². The molecule has 2 aromatic carbocycles.